The summed E-state index contributed by atoms with van der Waals surface area (Å²) in [5.41, 5.74) is 0.923. The van der Waals surface area contributed by atoms with E-state index in [4.69, 9.17) is 21.4 Å². The summed E-state index contributed by atoms with van der Waals surface area (Å²) >= 11 is 6.00. The highest BCUT2D eigenvalue weighted by atomic mass is 35.5. The summed E-state index contributed by atoms with van der Waals surface area (Å²) in [7, 11) is 1.54. The lowest BCUT2D eigenvalue weighted by Crippen LogP contribution is -2.25. The topological polar surface area (TPSA) is 89.3 Å². The molecule has 0 saturated heterocycles. The van der Waals surface area contributed by atoms with Gasteiger partial charge in [-0.3, -0.25) is 4.79 Å². The minimum absolute atomic E-state index is 0.0412. The second-order valence-corrected chi connectivity index (χ2v) is 4.56. The van der Waals surface area contributed by atoms with Gasteiger partial charge in [0.1, 0.15) is 5.02 Å². The molecule has 7 nitrogen and oxygen atoms in total. The van der Waals surface area contributed by atoms with E-state index in [1.165, 1.54) is 6.20 Å². The Morgan fingerprint density at radius 3 is 3.05 bits per heavy atom. The molecule has 0 spiro atoms. The number of hydrogen-bond acceptors (Lipinski definition) is 6. The van der Waals surface area contributed by atoms with Gasteiger partial charge in [0.05, 0.1) is 32.1 Å². The van der Waals surface area contributed by atoms with Crippen LogP contribution in [0.25, 0.3) is 0 Å². The number of nitrogens with zero attached hydrogens (tertiary/aromatic N) is 3. The fourth-order valence-electron chi connectivity index (χ4n) is 1.71. The van der Waals surface area contributed by atoms with E-state index in [0.717, 1.165) is 10.2 Å². The third-order valence-electron chi connectivity index (χ3n) is 2.79. The maximum atomic E-state index is 11.9. The number of methoxy groups -OCH3 is 1. The molecule has 112 valence electrons. The van der Waals surface area contributed by atoms with Gasteiger partial charge < -0.3 is 15.2 Å². The standard InChI is InChI=1S/C13H15ClN4O3/c1-21-11-6-9(2-3-15-11)7-16-10-8-17-18(4-5-19)13(20)12(10)14/h2-3,6,8,16,19H,4-5,7H2,1H3. The van der Waals surface area contributed by atoms with Crippen LogP contribution >= 0.6 is 11.6 Å². The highest BCUT2D eigenvalue weighted by Gasteiger charge is 2.09. The smallest absolute Gasteiger partial charge is 0.287 e. The van der Waals surface area contributed by atoms with Crippen LogP contribution in [0.1, 0.15) is 5.56 Å². The Balaban J connectivity index is 2.13. The van der Waals surface area contributed by atoms with Crippen molar-refractivity contribution >= 4 is 17.3 Å². The fourth-order valence-corrected chi connectivity index (χ4v) is 1.92. The number of halogens is 1. The van der Waals surface area contributed by atoms with Crippen molar-refractivity contribution in [3.8, 4) is 5.88 Å². The molecule has 2 aromatic rings. The Labute approximate surface area is 126 Å². The molecule has 0 aromatic carbocycles. The first-order valence-corrected chi connectivity index (χ1v) is 6.62. The summed E-state index contributed by atoms with van der Waals surface area (Å²) in [5, 5.41) is 15.8. The van der Waals surface area contributed by atoms with Crippen molar-refractivity contribution in [3.63, 3.8) is 0 Å². The highest BCUT2D eigenvalue weighted by Crippen LogP contribution is 2.17. The molecule has 0 unspecified atom stereocenters. The zero-order chi connectivity index (χ0) is 15.2. The molecular weight excluding hydrogens is 296 g/mol. The van der Waals surface area contributed by atoms with E-state index < -0.39 is 5.56 Å². The van der Waals surface area contributed by atoms with Gasteiger partial charge in [0.15, 0.2) is 0 Å². The average Bonchev–Trinajstić information content (AvgIpc) is 2.51. The van der Waals surface area contributed by atoms with Crippen molar-refractivity contribution in [3.05, 3.63) is 45.5 Å². The molecule has 2 rings (SSSR count). The van der Waals surface area contributed by atoms with Gasteiger partial charge in [0.2, 0.25) is 5.88 Å². The lowest BCUT2D eigenvalue weighted by Gasteiger charge is -2.10. The lowest BCUT2D eigenvalue weighted by molar-refractivity contribution is 0.266. The van der Waals surface area contributed by atoms with Gasteiger partial charge in [-0.1, -0.05) is 11.6 Å². The molecule has 0 radical (unpaired) electrons. The van der Waals surface area contributed by atoms with E-state index in [2.05, 4.69) is 15.4 Å². The third-order valence-corrected chi connectivity index (χ3v) is 3.15. The van der Waals surface area contributed by atoms with Crippen LogP contribution in [0.2, 0.25) is 5.02 Å². The summed E-state index contributed by atoms with van der Waals surface area (Å²) in [4.78, 5) is 15.9. The van der Waals surface area contributed by atoms with Crippen molar-refractivity contribution in [2.24, 2.45) is 0 Å². The quantitative estimate of drug-likeness (QED) is 0.824. The molecule has 8 heteroatoms. The fraction of sp³-hybridized carbons (Fsp3) is 0.308. The molecular formula is C13H15ClN4O3. The van der Waals surface area contributed by atoms with Gasteiger partial charge in [-0.2, -0.15) is 5.10 Å². The predicted octanol–water partition coefficient (Wildman–Crippen LogP) is 0.905. The van der Waals surface area contributed by atoms with E-state index in [9.17, 15) is 4.79 Å². The number of hydrogen-bond donors (Lipinski definition) is 2. The number of ether oxygens (including phenoxy) is 1. The number of aliphatic hydroxyl groups excluding tert-OH is 1. The predicted molar refractivity (Wildman–Crippen MR) is 78.7 cm³/mol. The summed E-state index contributed by atoms with van der Waals surface area (Å²) in [6.45, 7) is 0.386. The normalized spacial score (nSPS) is 10.4. The first-order chi connectivity index (χ1) is 10.2. The summed E-state index contributed by atoms with van der Waals surface area (Å²) in [6.07, 6.45) is 3.09. The molecule has 0 aliphatic heterocycles. The molecule has 0 aliphatic carbocycles. The van der Waals surface area contributed by atoms with Crippen molar-refractivity contribution in [2.75, 3.05) is 19.0 Å². The Kier molecular flexibility index (Phi) is 5.13. The van der Waals surface area contributed by atoms with Gasteiger partial charge in [-0.25, -0.2) is 9.67 Å². The van der Waals surface area contributed by atoms with Gasteiger partial charge in [-0.15, -0.1) is 0 Å². The van der Waals surface area contributed by atoms with E-state index in [1.54, 1.807) is 19.4 Å². The van der Waals surface area contributed by atoms with Gasteiger partial charge in [0, 0.05) is 18.8 Å². The maximum Gasteiger partial charge on any atom is 0.287 e. The Morgan fingerprint density at radius 1 is 1.52 bits per heavy atom. The van der Waals surface area contributed by atoms with Crippen LogP contribution < -0.4 is 15.6 Å². The number of rotatable bonds is 6. The largest absolute Gasteiger partial charge is 0.481 e. The first-order valence-electron chi connectivity index (χ1n) is 6.25. The number of aromatic nitrogens is 3. The number of anilines is 1. The Hall–Kier alpha value is -2.12. The second-order valence-electron chi connectivity index (χ2n) is 4.18. The van der Waals surface area contributed by atoms with Crippen LogP contribution in [-0.2, 0) is 13.1 Å². The lowest BCUT2D eigenvalue weighted by atomic mass is 10.2. The van der Waals surface area contributed by atoms with Crippen molar-refractivity contribution in [1.29, 1.82) is 0 Å². The molecule has 0 fully saturated rings. The minimum Gasteiger partial charge on any atom is -0.481 e. The van der Waals surface area contributed by atoms with E-state index in [0.29, 0.717) is 18.1 Å². The van der Waals surface area contributed by atoms with Crippen LogP contribution in [0.15, 0.2) is 29.3 Å². The molecule has 0 bridgehead atoms. The molecule has 2 N–H and O–H groups in total. The third kappa shape index (κ3) is 3.71. The molecule has 0 saturated carbocycles. The molecule has 0 atom stereocenters. The zero-order valence-corrected chi connectivity index (χ0v) is 12.2. The molecule has 2 aromatic heterocycles. The summed E-state index contributed by atoms with van der Waals surface area (Å²) < 4.78 is 6.15. The van der Waals surface area contributed by atoms with Crippen molar-refractivity contribution in [2.45, 2.75) is 13.1 Å². The average molecular weight is 311 g/mol. The van der Waals surface area contributed by atoms with Crippen LogP contribution in [0.4, 0.5) is 5.69 Å². The number of pyridine rings is 1. The second kappa shape index (κ2) is 7.05. The van der Waals surface area contributed by atoms with Gasteiger partial charge in [0.25, 0.3) is 5.56 Å². The minimum atomic E-state index is -0.442. The summed E-state index contributed by atoms with van der Waals surface area (Å²) in [5.74, 6) is 0.511. The molecule has 2 heterocycles. The Morgan fingerprint density at radius 2 is 2.33 bits per heavy atom. The van der Waals surface area contributed by atoms with Crippen LogP contribution in [0, 0.1) is 0 Å². The van der Waals surface area contributed by atoms with Gasteiger partial charge in [-0.05, 0) is 11.6 Å². The summed E-state index contributed by atoms with van der Waals surface area (Å²) in [6, 6.07) is 3.60. The zero-order valence-electron chi connectivity index (χ0n) is 11.4. The van der Waals surface area contributed by atoms with E-state index in [1.807, 2.05) is 6.07 Å². The van der Waals surface area contributed by atoms with Crippen molar-refractivity contribution < 1.29 is 9.84 Å². The Bertz CT molecular complexity index is 675. The van der Waals surface area contributed by atoms with E-state index >= 15 is 0 Å². The number of nitrogens with one attached hydrogen (secondary N) is 1. The highest BCUT2D eigenvalue weighted by molar-refractivity contribution is 6.32. The van der Waals surface area contributed by atoms with Crippen LogP contribution in [0.5, 0.6) is 5.88 Å². The molecule has 0 amide bonds. The molecule has 0 aliphatic rings. The van der Waals surface area contributed by atoms with Gasteiger partial charge >= 0.3 is 0 Å². The first kappa shape index (κ1) is 15.3. The van der Waals surface area contributed by atoms with Crippen molar-refractivity contribution in [1.82, 2.24) is 14.8 Å². The van der Waals surface area contributed by atoms with Crippen LogP contribution in [-0.4, -0.2) is 33.6 Å². The SMILES string of the molecule is COc1cc(CNc2cnn(CCO)c(=O)c2Cl)ccn1. The van der Waals surface area contributed by atoms with Crippen LogP contribution in [0.3, 0.4) is 0 Å². The monoisotopic (exact) mass is 310 g/mol. The molecule has 21 heavy (non-hydrogen) atoms. The number of aliphatic hydroxyl groups is 1. The van der Waals surface area contributed by atoms with E-state index in [-0.39, 0.29) is 18.2 Å². The maximum absolute atomic E-state index is 11.9.